The molecule has 1 fully saturated rings. The van der Waals surface area contributed by atoms with E-state index in [4.69, 9.17) is 4.84 Å². The lowest BCUT2D eigenvalue weighted by Gasteiger charge is -2.47. The maximum atomic E-state index is 12.7. The van der Waals surface area contributed by atoms with Crippen LogP contribution in [-0.4, -0.2) is 66.4 Å². The van der Waals surface area contributed by atoms with Crippen molar-refractivity contribution in [3.63, 3.8) is 0 Å². The number of nitrogens with zero attached hydrogens (tertiary/aromatic N) is 6. The molecule has 4 aromatic carbocycles. The molecule has 0 spiro atoms. The summed E-state index contributed by atoms with van der Waals surface area (Å²) in [7, 11) is 0. The minimum Gasteiger partial charge on any atom is -0.508 e. The molecule has 1 aliphatic heterocycles. The first-order chi connectivity index (χ1) is 21.8. The molecular formula is C36H38N6O3. The lowest BCUT2D eigenvalue weighted by molar-refractivity contribution is 0.0195. The number of carbonyl (C=O) groups is 1. The zero-order chi connectivity index (χ0) is 31.5. The first-order valence-corrected chi connectivity index (χ1v) is 15.3. The highest BCUT2D eigenvalue weighted by molar-refractivity contribution is 5.91. The maximum absolute atomic E-state index is 12.7. The fourth-order valence-corrected chi connectivity index (χ4v) is 6.16. The van der Waals surface area contributed by atoms with E-state index in [1.54, 1.807) is 12.1 Å². The molecule has 45 heavy (non-hydrogen) atoms. The van der Waals surface area contributed by atoms with E-state index in [2.05, 4.69) is 87.6 Å². The van der Waals surface area contributed by atoms with Crippen molar-refractivity contribution in [2.75, 3.05) is 13.1 Å². The second-order valence-corrected chi connectivity index (χ2v) is 11.9. The van der Waals surface area contributed by atoms with Crippen molar-refractivity contribution >= 4 is 5.97 Å². The van der Waals surface area contributed by atoms with Gasteiger partial charge in [0, 0.05) is 42.2 Å². The smallest absolute Gasteiger partial charge is 0.367 e. The number of aromatic hydroxyl groups is 1. The Kier molecular flexibility index (Phi) is 8.73. The highest BCUT2D eigenvalue weighted by Gasteiger charge is 2.35. The number of benzene rings is 4. The van der Waals surface area contributed by atoms with Gasteiger partial charge in [-0.2, -0.15) is 0 Å². The van der Waals surface area contributed by atoms with Gasteiger partial charge >= 0.3 is 5.97 Å². The van der Waals surface area contributed by atoms with Crippen molar-refractivity contribution in [1.29, 1.82) is 0 Å². The van der Waals surface area contributed by atoms with E-state index in [-0.39, 0.29) is 17.8 Å². The Morgan fingerprint density at radius 1 is 0.889 bits per heavy atom. The number of tetrazole rings is 1. The van der Waals surface area contributed by atoms with E-state index in [0.717, 1.165) is 52.4 Å². The van der Waals surface area contributed by atoms with Gasteiger partial charge in [-0.1, -0.05) is 84.0 Å². The van der Waals surface area contributed by atoms with Crippen LogP contribution in [0.25, 0.3) is 11.4 Å². The Balaban J connectivity index is 1.22. The van der Waals surface area contributed by atoms with Crippen LogP contribution in [0.15, 0.2) is 97.1 Å². The highest BCUT2D eigenvalue weighted by atomic mass is 16.7. The standard InChI is InChI=1S/C36H38N6O3/c1-24-10-8-15-33(27(24)4)36(44)45-42-38-35(37-39-42)30-18-16-29(17-19-30)34(31-13-9-14-32(43)20-31)41-22-25(2)40(21-26(41)3)23-28-11-6-5-7-12-28/h5-20,25-26,34,43H,21-23H2,1-4H3/t25-,26+,34-/m1/s1. The third kappa shape index (κ3) is 6.64. The van der Waals surface area contributed by atoms with Crippen LogP contribution in [0.2, 0.25) is 0 Å². The topological polar surface area (TPSA) is 96.6 Å². The molecule has 2 heterocycles. The normalized spacial score (nSPS) is 18.0. The molecular weight excluding hydrogens is 564 g/mol. The number of aryl methyl sites for hydroxylation is 1. The number of rotatable bonds is 8. The predicted octanol–water partition coefficient (Wildman–Crippen LogP) is 5.62. The second kappa shape index (κ2) is 13.0. The molecule has 1 saturated heterocycles. The van der Waals surface area contributed by atoms with E-state index in [9.17, 15) is 9.90 Å². The largest absolute Gasteiger partial charge is 0.508 e. The van der Waals surface area contributed by atoms with Crippen molar-refractivity contribution < 1.29 is 14.7 Å². The van der Waals surface area contributed by atoms with Crippen LogP contribution < -0.4 is 4.84 Å². The van der Waals surface area contributed by atoms with E-state index >= 15 is 0 Å². The van der Waals surface area contributed by atoms with Gasteiger partial charge in [0.15, 0.2) is 0 Å². The number of hydrogen-bond donors (Lipinski definition) is 1. The molecule has 0 unspecified atom stereocenters. The fourth-order valence-electron chi connectivity index (χ4n) is 6.16. The number of phenolic OH excluding ortho intramolecular Hbond substituents is 1. The number of phenols is 1. The Morgan fingerprint density at radius 2 is 1.64 bits per heavy atom. The van der Waals surface area contributed by atoms with Crippen molar-refractivity contribution in [2.45, 2.75) is 52.4 Å². The molecule has 3 atom stereocenters. The van der Waals surface area contributed by atoms with Crippen LogP contribution in [-0.2, 0) is 6.54 Å². The predicted molar refractivity (Wildman–Crippen MR) is 173 cm³/mol. The SMILES string of the molecule is Cc1cccc(C(=O)On2nnc(-c3ccc([C@H](c4cccc(O)c4)N4C[C@@H](C)N(Cc5ccccc5)C[C@@H]4C)cc3)n2)c1C. The summed E-state index contributed by atoms with van der Waals surface area (Å²) >= 11 is 0. The molecule has 1 aromatic heterocycles. The minimum atomic E-state index is -0.545. The van der Waals surface area contributed by atoms with Gasteiger partial charge in [0.1, 0.15) is 5.75 Å². The molecule has 1 aliphatic rings. The molecule has 9 heteroatoms. The molecule has 5 aromatic rings. The number of carbonyl (C=O) groups excluding carboxylic acids is 1. The van der Waals surface area contributed by atoms with Crippen LogP contribution in [0, 0.1) is 13.8 Å². The van der Waals surface area contributed by atoms with Gasteiger partial charge in [0.2, 0.25) is 5.82 Å². The summed E-state index contributed by atoms with van der Waals surface area (Å²) in [6.07, 6.45) is 0. The van der Waals surface area contributed by atoms with Gasteiger partial charge < -0.3 is 5.11 Å². The van der Waals surface area contributed by atoms with E-state index in [1.165, 1.54) is 5.56 Å². The molecule has 6 rings (SSSR count). The Bertz CT molecular complexity index is 1770. The summed E-state index contributed by atoms with van der Waals surface area (Å²) in [5.41, 5.74) is 6.49. The monoisotopic (exact) mass is 602 g/mol. The lowest BCUT2D eigenvalue weighted by Crippen LogP contribution is -2.56. The quantitative estimate of drug-likeness (QED) is 0.229. The van der Waals surface area contributed by atoms with Gasteiger partial charge in [-0.3, -0.25) is 14.6 Å². The van der Waals surface area contributed by atoms with Gasteiger partial charge in [-0.05, 0) is 78.9 Å². The average Bonchev–Trinajstić information content (AvgIpc) is 3.50. The third-order valence-corrected chi connectivity index (χ3v) is 8.78. The molecule has 0 bridgehead atoms. The van der Waals surface area contributed by atoms with Gasteiger partial charge in [-0.25, -0.2) is 4.79 Å². The zero-order valence-electron chi connectivity index (χ0n) is 26.0. The van der Waals surface area contributed by atoms with Crippen molar-refractivity contribution in [3.8, 4) is 17.1 Å². The Hall–Kier alpha value is -4.86. The summed E-state index contributed by atoms with van der Waals surface area (Å²) in [6.45, 7) is 11.1. The van der Waals surface area contributed by atoms with Crippen LogP contribution in [0.5, 0.6) is 5.75 Å². The van der Waals surface area contributed by atoms with Crippen LogP contribution in [0.4, 0.5) is 0 Å². The fraction of sp³-hybridized carbons (Fsp3) is 0.278. The van der Waals surface area contributed by atoms with Gasteiger partial charge in [-0.15, -0.1) is 5.10 Å². The molecule has 1 N–H and O–H groups in total. The number of piperazine rings is 1. The molecule has 230 valence electrons. The summed E-state index contributed by atoms with van der Waals surface area (Å²) in [4.78, 5) is 24.1. The summed E-state index contributed by atoms with van der Waals surface area (Å²) in [6, 6.07) is 32.2. The summed E-state index contributed by atoms with van der Waals surface area (Å²) in [5, 5.41) is 22.8. The number of aromatic nitrogens is 4. The molecule has 0 saturated carbocycles. The maximum Gasteiger partial charge on any atom is 0.367 e. The summed E-state index contributed by atoms with van der Waals surface area (Å²) in [5.74, 6) is 0.0474. The number of hydrogen-bond acceptors (Lipinski definition) is 8. The molecule has 9 nitrogen and oxygen atoms in total. The van der Waals surface area contributed by atoms with E-state index < -0.39 is 5.97 Å². The summed E-state index contributed by atoms with van der Waals surface area (Å²) < 4.78 is 0. The Morgan fingerprint density at radius 3 is 2.40 bits per heavy atom. The molecule has 0 amide bonds. The van der Waals surface area contributed by atoms with Crippen molar-refractivity contribution in [3.05, 3.63) is 130 Å². The molecule has 0 aliphatic carbocycles. The van der Waals surface area contributed by atoms with Gasteiger partial charge in [0.25, 0.3) is 0 Å². The van der Waals surface area contributed by atoms with E-state index in [0.29, 0.717) is 17.4 Å². The van der Waals surface area contributed by atoms with Crippen LogP contribution in [0.3, 0.4) is 0 Å². The van der Waals surface area contributed by atoms with Crippen LogP contribution >= 0.6 is 0 Å². The van der Waals surface area contributed by atoms with E-state index in [1.807, 2.05) is 50.2 Å². The molecule has 0 radical (unpaired) electrons. The van der Waals surface area contributed by atoms with Crippen molar-refractivity contribution in [1.82, 2.24) is 30.2 Å². The van der Waals surface area contributed by atoms with Crippen LogP contribution in [0.1, 0.15) is 58.1 Å². The lowest BCUT2D eigenvalue weighted by atomic mass is 9.92. The highest BCUT2D eigenvalue weighted by Crippen LogP contribution is 2.35. The second-order valence-electron chi connectivity index (χ2n) is 11.9. The zero-order valence-corrected chi connectivity index (χ0v) is 26.0. The average molecular weight is 603 g/mol. The third-order valence-electron chi connectivity index (χ3n) is 8.78. The first kappa shape index (κ1) is 30.2. The minimum absolute atomic E-state index is 0.0651. The van der Waals surface area contributed by atoms with Gasteiger partial charge in [0.05, 0.1) is 11.6 Å². The van der Waals surface area contributed by atoms with Crippen molar-refractivity contribution in [2.24, 2.45) is 0 Å². The Labute approximate surface area is 263 Å². The first-order valence-electron chi connectivity index (χ1n) is 15.3.